The minimum absolute atomic E-state index is 0.0314. The van der Waals surface area contributed by atoms with Crippen LogP contribution >= 0.6 is 0 Å². The molecule has 0 heterocycles. The van der Waals surface area contributed by atoms with Crippen molar-refractivity contribution in [3.8, 4) is 11.5 Å². The topological polar surface area (TPSA) is 30.5 Å². The maximum Gasteiger partial charge on any atom is 0.127 e. The van der Waals surface area contributed by atoms with E-state index < -0.39 is 0 Å². The molecule has 1 N–H and O–H groups in total. The van der Waals surface area contributed by atoms with Crippen molar-refractivity contribution in [1.29, 1.82) is 0 Å². The van der Waals surface area contributed by atoms with E-state index in [4.69, 9.17) is 9.47 Å². The third kappa shape index (κ3) is 4.91. The molecule has 1 aliphatic carbocycles. The summed E-state index contributed by atoms with van der Waals surface area (Å²) in [6.45, 7) is 6.31. The zero-order chi connectivity index (χ0) is 20.3. The average Bonchev–Trinajstić information content (AvgIpc) is 3.52. The van der Waals surface area contributed by atoms with E-state index in [9.17, 15) is 0 Å². The van der Waals surface area contributed by atoms with Gasteiger partial charge in [0.1, 0.15) is 11.5 Å². The average molecular weight is 390 g/mol. The van der Waals surface area contributed by atoms with Crippen LogP contribution in [0, 0.1) is 5.41 Å². The Labute approximate surface area is 174 Å². The van der Waals surface area contributed by atoms with Gasteiger partial charge in [-0.15, -0.1) is 0 Å². The second kappa shape index (κ2) is 8.08. The van der Waals surface area contributed by atoms with E-state index in [2.05, 4.69) is 73.8 Å². The largest absolute Gasteiger partial charge is 0.497 e. The first-order chi connectivity index (χ1) is 14.0. The highest BCUT2D eigenvalue weighted by Gasteiger charge is 2.44. The molecular weight excluding hydrogens is 358 g/mol. The lowest BCUT2D eigenvalue weighted by molar-refractivity contribution is 0.216. The molecule has 0 aromatic heterocycles. The van der Waals surface area contributed by atoms with Gasteiger partial charge in [-0.05, 0) is 62.3 Å². The SMILES string of the molecule is COc1ccc(CC(C)(C)NCC2(COc3cccc4ccccc34)CC2)cc1. The maximum absolute atomic E-state index is 6.30. The molecule has 152 valence electrons. The van der Waals surface area contributed by atoms with Gasteiger partial charge >= 0.3 is 0 Å². The molecule has 1 aliphatic rings. The van der Waals surface area contributed by atoms with Crippen LogP contribution in [-0.2, 0) is 6.42 Å². The number of hydrogen-bond acceptors (Lipinski definition) is 3. The second-order valence-electron chi connectivity index (χ2n) is 9.03. The quantitative estimate of drug-likeness (QED) is 0.515. The molecule has 0 aliphatic heterocycles. The van der Waals surface area contributed by atoms with E-state index >= 15 is 0 Å². The Morgan fingerprint density at radius 3 is 2.38 bits per heavy atom. The molecule has 0 atom stereocenters. The van der Waals surface area contributed by atoms with Crippen molar-refractivity contribution in [2.75, 3.05) is 20.3 Å². The minimum Gasteiger partial charge on any atom is -0.497 e. The van der Waals surface area contributed by atoms with E-state index in [0.717, 1.165) is 31.1 Å². The number of fused-ring (bicyclic) bond motifs is 1. The minimum atomic E-state index is 0.0314. The Morgan fingerprint density at radius 1 is 0.931 bits per heavy atom. The van der Waals surface area contributed by atoms with Crippen molar-refractivity contribution >= 4 is 10.8 Å². The van der Waals surface area contributed by atoms with Gasteiger partial charge < -0.3 is 14.8 Å². The Bertz CT molecular complexity index is 953. The van der Waals surface area contributed by atoms with E-state index in [1.165, 1.54) is 29.2 Å². The highest BCUT2D eigenvalue weighted by molar-refractivity contribution is 5.88. The van der Waals surface area contributed by atoms with Gasteiger partial charge in [-0.25, -0.2) is 0 Å². The molecule has 0 radical (unpaired) electrons. The van der Waals surface area contributed by atoms with E-state index in [-0.39, 0.29) is 11.0 Å². The number of nitrogens with one attached hydrogen (secondary N) is 1. The van der Waals surface area contributed by atoms with Gasteiger partial charge in [-0.1, -0.05) is 48.5 Å². The molecule has 0 bridgehead atoms. The smallest absolute Gasteiger partial charge is 0.127 e. The van der Waals surface area contributed by atoms with Crippen molar-refractivity contribution in [1.82, 2.24) is 5.32 Å². The summed E-state index contributed by atoms with van der Waals surface area (Å²) in [5.74, 6) is 1.90. The van der Waals surface area contributed by atoms with Gasteiger partial charge in [-0.2, -0.15) is 0 Å². The van der Waals surface area contributed by atoms with Crippen molar-refractivity contribution in [3.05, 3.63) is 72.3 Å². The molecule has 0 saturated heterocycles. The number of rotatable bonds is 9. The van der Waals surface area contributed by atoms with E-state index in [0.29, 0.717) is 0 Å². The van der Waals surface area contributed by atoms with E-state index in [1.54, 1.807) is 7.11 Å². The van der Waals surface area contributed by atoms with Gasteiger partial charge in [0.15, 0.2) is 0 Å². The molecule has 1 saturated carbocycles. The zero-order valence-electron chi connectivity index (χ0n) is 17.7. The molecule has 3 heteroatoms. The Hall–Kier alpha value is -2.52. The molecular formula is C26H31NO2. The predicted octanol–water partition coefficient (Wildman–Crippen LogP) is 5.62. The fourth-order valence-corrected chi connectivity index (χ4v) is 3.84. The summed E-state index contributed by atoms with van der Waals surface area (Å²) < 4.78 is 11.6. The van der Waals surface area contributed by atoms with Crippen LogP contribution in [0.1, 0.15) is 32.3 Å². The lowest BCUT2D eigenvalue weighted by atomic mass is 9.93. The van der Waals surface area contributed by atoms with Crippen LogP contribution in [0.2, 0.25) is 0 Å². The van der Waals surface area contributed by atoms with Crippen molar-refractivity contribution < 1.29 is 9.47 Å². The summed E-state index contributed by atoms with van der Waals surface area (Å²) in [4.78, 5) is 0. The van der Waals surface area contributed by atoms with E-state index in [1.807, 2.05) is 12.1 Å². The van der Waals surface area contributed by atoms with Crippen LogP contribution in [0.15, 0.2) is 66.7 Å². The first kappa shape index (κ1) is 19.8. The van der Waals surface area contributed by atoms with Crippen molar-refractivity contribution in [3.63, 3.8) is 0 Å². The van der Waals surface area contributed by atoms with Gasteiger partial charge in [0.25, 0.3) is 0 Å². The molecule has 4 rings (SSSR count). The summed E-state index contributed by atoms with van der Waals surface area (Å²) in [5.41, 5.74) is 1.61. The first-order valence-corrected chi connectivity index (χ1v) is 10.5. The summed E-state index contributed by atoms with van der Waals surface area (Å²) in [6, 6.07) is 23.1. The molecule has 29 heavy (non-hydrogen) atoms. The van der Waals surface area contributed by atoms with Gasteiger partial charge in [0, 0.05) is 22.9 Å². The second-order valence-corrected chi connectivity index (χ2v) is 9.03. The van der Waals surface area contributed by atoms with Crippen LogP contribution in [-0.4, -0.2) is 25.8 Å². The van der Waals surface area contributed by atoms with Crippen molar-refractivity contribution in [2.24, 2.45) is 5.41 Å². The highest BCUT2D eigenvalue weighted by Crippen LogP contribution is 2.46. The monoisotopic (exact) mass is 389 g/mol. The Kier molecular flexibility index (Phi) is 5.51. The van der Waals surface area contributed by atoms with Gasteiger partial charge in [0.2, 0.25) is 0 Å². The van der Waals surface area contributed by atoms with Gasteiger partial charge in [0.05, 0.1) is 13.7 Å². The molecule has 3 aromatic carbocycles. The standard InChI is InChI=1S/C26H31NO2/c1-25(2,17-20-11-13-22(28-3)14-12-20)27-18-26(15-16-26)19-29-24-10-6-8-21-7-4-5-9-23(21)24/h4-14,27H,15-19H2,1-3H3. The fourth-order valence-electron chi connectivity index (χ4n) is 3.84. The van der Waals surface area contributed by atoms with Crippen LogP contribution < -0.4 is 14.8 Å². The summed E-state index contributed by atoms with van der Waals surface area (Å²) in [7, 11) is 1.70. The molecule has 0 spiro atoms. The van der Waals surface area contributed by atoms with Crippen LogP contribution in [0.3, 0.4) is 0 Å². The lowest BCUT2D eigenvalue weighted by Crippen LogP contribution is -2.45. The van der Waals surface area contributed by atoms with Crippen molar-refractivity contribution in [2.45, 2.75) is 38.6 Å². The lowest BCUT2D eigenvalue weighted by Gasteiger charge is -2.29. The summed E-state index contributed by atoms with van der Waals surface area (Å²) >= 11 is 0. The predicted molar refractivity (Wildman–Crippen MR) is 120 cm³/mol. The molecule has 0 amide bonds. The number of ether oxygens (including phenoxy) is 2. The highest BCUT2D eigenvalue weighted by atomic mass is 16.5. The third-order valence-corrected chi connectivity index (χ3v) is 5.99. The molecule has 1 fully saturated rings. The normalized spacial score (nSPS) is 15.3. The zero-order valence-corrected chi connectivity index (χ0v) is 17.7. The fraction of sp³-hybridized carbons (Fsp3) is 0.385. The summed E-state index contributed by atoms with van der Waals surface area (Å²) in [5, 5.41) is 6.22. The third-order valence-electron chi connectivity index (χ3n) is 5.99. The number of benzene rings is 3. The maximum atomic E-state index is 6.30. The van der Waals surface area contributed by atoms with Crippen LogP contribution in [0.5, 0.6) is 11.5 Å². The Morgan fingerprint density at radius 2 is 1.66 bits per heavy atom. The molecule has 3 nitrogen and oxygen atoms in total. The number of hydrogen-bond donors (Lipinski definition) is 1. The summed E-state index contributed by atoms with van der Waals surface area (Å²) in [6.07, 6.45) is 3.43. The molecule has 3 aromatic rings. The molecule has 0 unspecified atom stereocenters. The number of methoxy groups -OCH3 is 1. The van der Waals surface area contributed by atoms with Crippen LogP contribution in [0.4, 0.5) is 0 Å². The first-order valence-electron chi connectivity index (χ1n) is 10.5. The van der Waals surface area contributed by atoms with Gasteiger partial charge in [-0.3, -0.25) is 0 Å². The van der Waals surface area contributed by atoms with Crippen LogP contribution in [0.25, 0.3) is 10.8 Å². The Balaban J connectivity index is 1.33.